The third kappa shape index (κ3) is 4.32. The van der Waals surface area contributed by atoms with Crippen LogP contribution in [0.3, 0.4) is 0 Å². The molecule has 0 aromatic heterocycles. The van der Waals surface area contributed by atoms with Crippen LogP contribution in [0, 0.1) is 0 Å². The van der Waals surface area contributed by atoms with Gasteiger partial charge in [-0.05, 0) is 24.6 Å². The summed E-state index contributed by atoms with van der Waals surface area (Å²) in [6, 6.07) is 5.55. The molecule has 0 heterocycles. The van der Waals surface area contributed by atoms with Gasteiger partial charge in [0.05, 0.1) is 13.7 Å². The molecular formula is C12H19N4O2+. The molecule has 0 aliphatic rings. The van der Waals surface area contributed by atoms with Crippen molar-refractivity contribution in [2.75, 3.05) is 13.7 Å². The fraction of sp³-hybridized carbons (Fsp3) is 0.333. The Morgan fingerprint density at radius 2 is 2.17 bits per heavy atom. The van der Waals surface area contributed by atoms with E-state index in [0.717, 1.165) is 12.0 Å². The van der Waals surface area contributed by atoms with Gasteiger partial charge in [-0.25, -0.2) is 0 Å². The Morgan fingerprint density at radius 3 is 2.78 bits per heavy atom. The standard InChI is InChI=1S/C12H18N4O2/c1-3-6-18-11-7-9(4-5-10(11)17-2)8-15-16-12(13)14/h4-5,7-8H,3,6H2,1-2H3,(H4,13,14,16)/p+1/b15-8-. The van der Waals surface area contributed by atoms with Gasteiger partial charge in [0, 0.05) is 10.7 Å². The summed E-state index contributed by atoms with van der Waals surface area (Å²) >= 11 is 0. The second-order valence-electron chi connectivity index (χ2n) is 3.57. The van der Waals surface area contributed by atoms with E-state index in [2.05, 4.69) is 10.2 Å². The maximum Gasteiger partial charge on any atom is 0.256 e. The fourth-order valence-corrected chi connectivity index (χ4v) is 1.29. The molecule has 1 aromatic carbocycles. The minimum absolute atomic E-state index is 0.0257. The molecule has 0 unspecified atom stereocenters. The molecule has 0 fully saturated rings. The second-order valence-corrected chi connectivity index (χ2v) is 3.57. The van der Waals surface area contributed by atoms with E-state index in [1.165, 1.54) is 0 Å². The summed E-state index contributed by atoms with van der Waals surface area (Å²) < 4.78 is 10.8. The van der Waals surface area contributed by atoms with Gasteiger partial charge >= 0.3 is 0 Å². The molecule has 6 nitrogen and oxygen atoms in total. The number of guanidine groups is 1. The Hall–Kier alpha value is -2.24. The van der Waals surface area contributed by atoms with Crippen molar-refractivity contribution >= 4 is 12.2 Å². The summed E-state index contributed by atoms with van der Waals surface area (Å²) in [5, 5.41) is 6.29. The Bertz CT molecular complexity index is 440. The monoisotopic (exact) mass is 251 g/mol. The molecule has 0 saturated heterocycles. The van der Waals surface area contributed by atoms with Crippen molar-refractivity contribution in [3.8, 4) is 11.5 Å². The Kier molecular flexibility index (Phi) is 5.50. The minimum atomic E-state index is -0.0257. The highest BCUT2D eigenvalue weighted by Crippen LogP contribution is 2.27. The van der Waals surface area contributed by atoms with Crippen molar-refractivity contribution in [3.05, 3.63) is 23.8 Å². The van der Waals surface area contributed by atoms with Crippen molar-refractivity contribution in [3.63, 3.8) is 0 Å². The van der Waals surface area contributed by atoms with E-state index in [4.69, 9.17) is 20.9 Å². The molecule has 0 amide bonds. The number of hydrogen-bond acceptors (Lipinski definition) is 3. The number of ether oxygens (including phenoxy) is 2. The molecule has 0 aliphatic carbocycles. The molecular weight excluding hydrogens is 232 g/mol. The molecule has 98 valence electrons. The van der Waals surface area contributed by atoms with Gasteiger partial charge in [0.1, 0.15) is 0 Å². The number of nitrogens with one attached hydrogen (secondary N) is 1. The van der Waals surface area contributed by atoms with E-state index in [0.29, 0.717) is 18.1 Å². The molecule has 1 rings (SSSR count). The number of nitrogens with two attached hydrogens (primary N) is 2. The molecule has 5 N–H and O–H groups in total. The average Bonchev–Trinajstić information content (AvgIpc) is 2.36. The molecule has 0 saturated carbocycles. The Morgan fingerprint density at radius 1 is 1.39 bits per heavy atom. The zero-order valence-electron chi connectivity index (χ0n) is 10.6. The Labute approximate surface area is 106 Å². The highest BCUT2D eigenvalue weighted by Gasteiger charge is 2.05. The van der Waals surface area contributed by atoms with Crippen molar-refractivity contribution in [1.29, 1.82) is 0 Å². The first-order valence-electron chi connectivity index (χ1n) is 5.65. The summed E-state index contributed by atoms with van der Waals surface area (Å²) in [6.07, 6.45) is 2.60. The predicted octanol–water partition coefficient (Wildman–Crippen LogP) is -0.828. The summed E-state index contributed by atoms with van der Waals surface area (Å²) in [6.45, 7) is 2.68. The molecule has 0 radical (unpaired) electrons. The van der Waals surface area contributed by atoms with Gasteiger partial charge in [0.2, 0.25) is 6.21 Å². The fourth-order valence-electron chi connectivity index (χ4n) is 1.29. The molecule has 0 aliphatic heterocycles. The Balaban J connectivity index is 2.88. The highest BCUT2D eigenvalue weighted by molar-refractivity contribution is 5.78. The van der Waals surface area contributed by atoms with E-state index in [1.807, 2.05) is 25.1 Å². The quantitative estimate of drug-likeness (QED) is 0.349. The smallest absolute Gasteiger partial charge is 0.256 e. The van der Waals surface area contributed by atoms with Gasteiger partial charge < -0.3 is 20.9 Å². The molecule has 0 spiro atoms. The maximum absolute atomic E-state index is 5.59. The number of rotatable bonds is 6. The molecule has 0 atom stereocenters. The summed E-state index contributed by atoms with van der Waals surface area (Å²) in [7, 11) is 1.61. The van der Waals surface area contributed by atoms with Crippen molar-refractivity contribution < 1.29 is 14.6 Å². The van der Waals surface area contributed by atoms with E-state index < -0.39 is 0 Å². The van der Waals surface area contributed by atoms with E-state index >= 15 is 0 Å². The first kappa shape index (κ1) is 13.8. The first-order chi connectivity index (χ1) is 8.67. The van der Waals surface area contributed by atoms with Crippen LogP contribution in [0.2, 0.25) is 0 Å². The number of nitrogens with zero attached hydrogens (tertiary/aromatic N) is 1. The van der Waals surface area contributed by atoms with Crippen molar-refractivity contribution in [2.24, 2.45) is 16.6 Å². The van der Waals surface area contributed by atoms with E-state index in [-0.39, 0.29) is 5.96 Å². The van der Waals surface area contributed by atoms with Crippen LogP contribution in [-0.4, -0.2) is 25.9 Å². The third-order valence-corrected chi connectivity index (χ3v) is 2.07. The van der Waals surface area contributed by atoms with Gasteiger partial charge in [0.15, 0.2) is 11.5 Å². The van der Waals surface area contributed by atoms with Crippen LogP contribution in [0.4, 0.5) is 0 Å². The van der Waals surface area contributed by atoms with Crippen LogP contribution in [0.25, 0.3) is 0 Å². The van der Waals surface area contributed by atoms with Crippen LogP contribution in [-0.2, 0) is 0 Å². The summed E-state index contributed by atoms with van der Waals surface area (Å²) in [5.41, 5.74) is 11.3. The first-order valence-corrected chi connectivity index (χ1v) is 5.65. The number of methoxy groups -OCH3 is 1. The van der Waals surface area contributed by atoms with Crippen LogP contribution < -0.4 is 26.0 Å². The van der Waals surface area contributed by atoms with Gasteiger partial charge in [-0.1, -0.05) is 6.92 Å². The number of hydrogen-bond donors (Lipinski definition) is 3. The van der Waals surface area contributed by atoms with Crippen molar-refractivity contribution in [1.82, 2.24) is 0 Å². The van der Waals surface area contributed by atoms with Gasteiger partial charge in [-0.2, -0.15) is 0 Å². The lowest BCUT2D eigenvalue weighted by Gasteiger charge is -2.09. The topological polar surface area (TPSA) is 96.8 Å². The van der Waals surface area contributed by atoms with Gasteiger partial charge in [-0.3, -0.25) is 0 Å². The summed E-state index contributed by atoms with van der Waals surface area (Å²) in [5.74, 6) is 1.37. The van der Waals surface area contributed by atoms with Crippen LogP contribution >= 0.6 is 0 Å². The lowest BCUT2D eigenvalue weighted by molar-refractivity contribution is -0.456. The van der Waals surface area contributed by atoms with Crippen LogP contribution in [0.5, 0.6) is 11.5 Å². The molecule has 1 aromatic rings. The van der Waals surface area contributed by atoms with Crippen molar-refractivity contribution in [2.45, 2.75) is 13.3 Å². The average molecular weight is 251 g/mol. The van der Waals surface area contributed by atoms with Gasteiger partial charge in [-0.15, -0.1) is 5.10 Å². The lowest BCUT2D eigenvalue weighted by Crippen LogP contribution is -2.63. The van der Waals surface area contributed by atoms with Crippen LogP contribution in [0.15, 0.2) is 23.3 Å². The van der Waals surface area contributed by atoms with E-state index in [1.54, 1.807) is 13.3 Å². The highest BCUT2D eigenvalue weighted by atomic mass is 16.5. The molecule has 6 heteroatoms. The third-order valence-electron chi connectivity index (χ3n) is 2.07. The van der Waals surface area contributed by atoms with Gasteiger partial charge in [0.25, 0.3) is 5.96 Å². The zero-order valence-corrected chi connectivity index (χ0v) is 10.6. The largest absolute Gasteiger partial charge is 0.493 e. The summed E-state index contributed by atoms with van der Waals surface area (Å²) in [4.78, 5) is 0. The zero-order chi connectivity index (χ0) is 13.4. The predicted molar refractivity (Wildman–Crippen MR) is 70.7 cm³/mol. The second kappa shape index (κ2) is 7.16. The molecule has 0 bridgehead atoms. The maximum atomic E-state index is 5.59. The normalized spacial score (nSPS) is 10.3. The van der Waals surface area contributed by atoms with Crippen LogP contribution in [0.1, 0.15) is 18.9 Å². The number of benzene rings is 1. The minimum Gasteiger partial charge on any atom is -0.493 e. The number of hydrazone groups is 1. The molecule has 18 heavy (non-hydrogen) atoms. The lowest BCUT2D eigenvalue weighted by atomic mass is 10.2. The SMILES string of the molecule is CCCOc1cc(/C=[NH+]\N=C(N)N)ccc1OC. The van der Waals surface area contributed by atoms with E-state index in [9.17, 15) is 0 Å².